The number of likely N-dealkylation sites (N-methyl/N-ethyl adjacent to an activating group) is 1. The normalized spacial score (nSPS) is 28.3. The van der Waals surface area contributed by atoms with Crippen molar-refractivity contribution in [1.82, 2.24) is 14.8 Å². The number of amides is 1. The number of nitrogens with zero attached hydrogens (tertiary/aromatic N) is 3. The first-order valence-electron chi connectivity index (χ1n) is 9.71. The summed E-state index contributed by atoms with van der Waals surface area (Å²) in [6.45, 7) is 5.57. The van der Waals surface area contributed by atoms with Gasteiger partial charge in [-0.15, -0.1) is 0 Å². The Morgan fingerprint density at radius 3 is 2.88 bits per heavy atom. The molecule has 0 N–H and O–H groups in total. The van der Waals surface area contributed by atoms with Crippen LogP contribution in [0.2, 0.25) is 0 Å². The van der Waals surface area contributed by atoms with Crippen LogP contribution in [-0.2, 0) is 20.9 Å². The number of rotatable bonds is 5. The third kappa shape index (κ3) is 3.63. The molecule has 1 spiro atoms. The number of ether oxygens (including phenoxy) is 2. The Labute approximate surface area is 155 Å². The number of hydrogen-bond acceptors (Lipinski definition) is 5. The minimum Gasteiger partial charge on any atom is -0.381 e. The van der Waals surface area contributed by atoms with E-state index in [1.807, 2.05) is 17.0 Å². The highest BCUT2D eigenvalue weighted by atomic mass is 16.5. The van der Waals surface area contributed by atoms with Crippen molar-refractivity contribution >= 4 is 5.91 Å². The van der Waals surface area contributed by atoms with Gasteiger partial charge in [0.05, 0.1) is 24.7 Å². The summed E-state index contributed by atoms with van der Waals surface area (Å²) in [6, 6.07) is 4.00. The van der Waals surface area contributed by atoms with E-state index in [9.17, 15) is 4.79 Å². The van der Waals surface area contributed by atoms with Gasteiger partial charge in [0, 0.05) is 38.7 Å². The Bertz CT molecular complexity index is 612. The molecular weight excluding hydrogens is 330 g/mol. The van der Waals surface area contributed by atoms with Crippen LogP contribution >= 0.6 is 0 Å². The summed E-state index contributed by atoms with van der Waals surface area (Å²) in [4.78, 5) is 21.1. The molecule has 3 saturated heterocycles. The predicted molar refractivity (Wildman–Crippen MR) is 97.5 cm³/mol. The van der Waals surface area contributed by atoms with E-state index >= 15 is 0 Å². The molecule has 3 aliphatic heterocycles. The molecule has 1 amide bonds. The number of piperidine rings is 1. The van der Waals surface area contributed by atoms with E-state index in [-0.39, 0.29) is 17.4 Å². The van der Waals surface area contributed by atoms with Crippen molar-refractivity contribution in [2.24, 2.45) is 11.8 Å². The summed E-state index contributed by atoms with van der Waals surface area (Å²) in [5.74, 6) is 0.943. The van der Waals surface area contributed by atoms with Gasteiger partial charge in [-0.05, 0) is 56.5 Å². The van der Waals surface area contributed by atoms with Gasteiger partial charge < -0.3 is 14.4 Å². The molecule has 0 saturated carbocycles. The van der Waals surface area contributed by atoms with Crippen LogP contribution in [0.3, 0.4) is 0 Å². The number of pyridine rings is 1. The molecular formula is C20H29N3O3. The molecule has 3 aliphatic rings. The second-order valence-corrected chi connectivity index (χ2v) is 8.13. The van der Waals surface area contributed by atoms with Gasteiger partial charge >= 0.3 is 0 Å². The highest BCUT2D eigenvalue weighted by molar-refractivity contribution is 5.80. The molecule has 26 heavy (non-hydrogen) atoms. The van der Waals surface area contributed by atoms with E-state index in [0.29, 0.717) is 19.1 Å². The molecule has 0 unspecified atom stereocenters. The molecule has 0 bridgehead atoms. The summed E-state index contributed by atoms with van der Waals surface area (Å²) in [7, 11) is 2.20. The summed E-state index contributed by atoms with van der Waals surface area (Å²) in [5, 5.41) is 0. The van der Waals surface area contributed by atoms with E-state index in [2.05, 4.69) is 16.9 Å². The third-order valence-corrected chi connectivity index (χ3v) is 6.28. The zero-order valence-electron chi connectivity index (χ0n) is 15.6. The number of hydrogen-bond donors (Lipinski definition) is 0. The molecule has 4 heterocycles. The molecule has 1 aromatic heterocycles. The lowest BCUT2D eigenvalue weighted by Crippen LogP contribution is -2.73. The van der Waals surface area contributed by atoms with E-state index in [1.165, 1.54) is 12.0 Å². The van der Waals surface area contributed by atoms with Gasteiger partial charge in [0.2, 0.25) is 5.91 Å². The first-order valence-corrected chi connectivity index (χ1v) is 9.71. The number of aromatic nitrogens is 1. The van der Waals surface area contributed by atoms with Crippen LogP contribution in [0.5, 0.6) is 0 Å². The quantitative estimate of drug-likeness (QED) is 0.799. The monoisotopic (exact) mass is 359 g/mol. The Hall–Kier alpha value is -1.50. The van der Waals surface area contributed by atoms with Gasteiger partial charge in [-0.2, -0.15) is 0 Å². The van der Waals surface area contributed by atoms with Crippen LogP contribution < -0.4 is 0 Å². The lowest BCUT2D eigenvalue weighted by Gasteiger charge is -2.59. The molecule has 2 atom stereocenters. The van der Waals surface area contributed by atoms with Gasteiger partial charge in [-0.3, -0.25) is 14.7 Å². The average Bonchev–Trinajstić information content (AvgIpc) is 3.16. The molecule has 0 radical (unpaired) electrons. The Balaban J connectivity index is 1.26. The van der Waals surface area contributed by atoms with Crippen molar-refractivity contribution in [3.05, 3.63) is 30.1 Å². The van der Waals surface area contributed by atoms with Crippen molar-refractivity contribution < 1.29 is 14.3 Å². The maximum atomic E-state index is 12.6. The summed E-state index contributed by atoms with van der Waals surface area (Å²) >= 11 is 0. The second-order valence-electron chi connectivity index (χ2n) is 8.13. The van der Waals surface area contributed by atoms with Crippen LogP contribution in [0.1, 0.15) is 24.8 Å². The Morgan fingerprint density at radius 2 is 2.15 bits per heavy atom. The third-order valence-electron chi connectivity index (χ3n) is 6.28. The van der Waals surface area contributed by atoms with Gasteiger partial charge in [-0.25, -0.2) is 0 Å². The highest BCUT2D eigenvalue weighted by Crippen LogP contribution is 2.39. The lowest BCUT2D eigenvalue weighted by molar-refractivity contribution is -0.155. The fourth-order valence-corrected chi connectivity index (χ4v) is 4.55. The zero-order valence-corrected chi connectivity index (χ0v) is 15.6. The van der Waals surface area contributed by atoms with Crippen molar-refractivity contribution in [1.29, 1.82) is 0 Å². The molecule has 6 nitrogen and oxygen atoms in total. The maximum absolute atomic E-state index is 12.6. The number of likely N-dealkylation sites (tertiary alicyclic amines) is 2. The minimum atomic E-state index is 0.0840. The Morgan fingerprint density at radius 1 is 1.35 bits per heavy atom. The minimum absolute atomic E-state index is 0.0840. The fraction of sp³-hybridized carbons (Fsp3) is 0.700. The smallest absolute Gasteiger partial charge is 0.228 e. The van der Waals surface area contributed by atoms with E-state index in [4.69, 9.17) is 9.47 Å². The topological polar surface area (TPSA) is 54.9 Å². The molecule has 142 valence electrons. The fourth-order valence-electron chi connectivity index (χ4n) is 4.55. The lowest BCUT2D eigenvalue weighted by atomic mass is 9.75. The van der Waals surface area contributed by atoms with Crippen molar-refractivity contribution in [3.63, 3.8) is 0 Å². The first kappa shape index (κ1) is 17.9. The molecule has 1 aromatic rings. The zero-order chi connectivity index (χ0) is 18.0. The maximum Gasteiger partial charge on any atom is 0.228 e. The van der Waals surface area contributed by atoms with E-state index < -0.39 is 0 Å². The summed E-state index contributed by atoms with van der Waals surface area (Å²) < 4.78 is 11.3. The number of carbonyl (C=O) groups excluding carboxylic acids is 1. The van der Waals surface area contributed by atoms with Crippen molar-refractivity contribution in [2.45, 2.75) is 31.4 Å². The molecule has 3 fully saturated rings. The SMILES string of the molecule is CN1CC[C@H](COCc2ccncc2)CC12CN(C(=O)[C@H]1CCOC1)C2. The van der Waals surface area contributed by atoms with Crippen LogP contribution in [0.25, 0.3) is 0 Å². The molecule has 4 rings (SSSR count). The standard InChI is InChI=1S/C20H29N3O3/c1-22-8-4-17(12-26-11-16-2-6-21-7-3-16)10-20(22)14-23(15-20)19(24)18-5-9-25-13-18/h2-3,6-7,17-18H,4-5,8-15H2,1H3/t17-,18-/m0/s1. The van der Waals surface area contributed by atoms with Crippen LogP contribution in [0.15, 0.2) is 24.5 Å². The van der Waals surface area contributed by atoms with Crippen LogP contribution in [0, 0.1) is 11.8 Å². The van der Waals surface area contributed by atoms with Crippen molar-refractivity contribution in [2.75, 3.05) is 46.5 Å². The average molecular weight is 359 g/mol. The van der Waals surface area contributed by atoms with Crippen LogP contribution in [0.4, 0.5) is 0 Å². The second kappa shape index (κ2) is 7.62. The van der Waals surface area contributed by atoms with Gasteiger partial charge in [0.1, 0.15) is 0 Å². The highest BCUT2D eigenvalue weighted by Gasteiger charge is 2.51. The molecule has 0 aliphatic carbocycles. The largest absolute Gasteiger partial charge is 0.381 e. The van der Waals surface area contributed by atoms with Crippen LogP contribution in [-0.4, -0.2) is 72.7 Å². The first-order chi connectivity index (χ1) is 12.7. The van der Waals surface area contributed by atoms with Crippen molar-refractivity contribution in [3.8, 4) is 0 Å². The molecule has 6 heteroatoms. The van der Waals surface area contributed by atoms with Gasteiger partial charge in [0.15, 0.2) is 0 Å². The van der Waals surface area contributed by atoms with Gasteiger partial charge in [-0.1, -0.05) is 0 Å². The molecule has 0 aromatic carbocycles. The van der Waals surface area contributed by atoms with E-state index in [0.717, 1.165) is 45.7 Å². The Kier molecular flexibility index (Phi) is 5.25. The van der Waals surface area contributed by atoms with E-state index in [1.54, 1.807) is 12.4 Å². The van der Waals surface area contributed by atoms with Gasteiger partial charge in [0.25, 0.3) is 0 Å². The predicted octanol–water partition coefficient (Wildman–Crippen LogP) is 1.56. The summed E-state index contributed by atoms with van der Waals surface area (Å²) in [5.41, 5.74) is 1.32. The number of carbonyl (C=O) groups is 1. The summed E-state index contributed by atoms with van der Waals surface area (Å²) in [6.07, 6.45) is 6.77.